The zero-order valence-corrected chi connectivity index (χ0v) is 16.9. The van der Waals surface area contributed by atoms with Crippen LogP contribution in [0.25, 0.3) is 0 Å². The molecule has 0 aliphatic carbocycles. The second-order valence-electron chi connectivity index (χ2n) is 7.73. The Labute approximate surface area is 159 Å². The molecule has 27 heavy (non-hydrogen) atoms. The molecule has 0 bridgehead atoms. The van der Waals surface area contributed by atoms with Crippen LogP contribution < -0.4 is 10.6 Å². The van der Waals surface area contributed by atoms with E-state index in [1.54, 1.807) is 32.9 Å². The van der Waals surface area contributed by atoms with E-state index in [0.29, 0.717) is 12.0 Å². The Morgan fingerprint density at radius 3 is 2.56 bits per heavy atom. The average molecular weight is 399 g/mol. The van der Waals surface area contributed by atoms with Gasteiger partial charge in [-0.3, -0.25) is 9.59 Å². The van der Waals surface area contributed by atoms with Crippen molar-refractivity contribution in [1.82, 2.24) is 10.6 Å². The lowest BCUT2D eigenvalue weighted by Crippen LogP contribution is -2.51. The van der Waals surface area contributed by atoms with Gasteiger partial charge in [-0.1, -0.05) is 26.0 Å². The van der Waals surface area contributed by atoms with Crippen molar-refractivity contribution in [3.8, 4) is 0 Å². The normalized spacial score (nSPS) is 22.9. The van der Waals surface area contributed by atoms with Gasteiger partial charge in [-0.25, -0.2) is 12.8 Å². The topological polar surface area (TPSA) is 92.3 Å². The van der Waals surface area contributed by atoms with Crippen LogP contribution in [0.5, 0.6) is 0 Å². The number of benzene rings is 1. The summed E-state index contributed by atoms with van der Waals surface area (Å²) in [6.07, 6.45) is 0.620. The molecule has 1 saturated heterocycles. The van der Waals surface area contributed by atoms with E-state index in [2.05, 4.69) is 10.6 Å². The monoisotopic (exact) mass is 398 g/mol. The van der Waals surface area contributed by atoms with E-state index in [1.165, 1.54) is 12.1 Å². The number of amides is 2. The number of sulfone groups is 1. The first kappa shape index (κ1) is 21.3. The fourth-order valence-electron chi connectivity index (χ4n) is 3.11. The minimum Gasteiger partial charge on any atom is -0.351 e. The van der Waals surface area contributed by atoms with Gasteiger partial charge in [0.2, 0.25) is 11.8 Å². The molecule has 1 aliphatic heterocycles. The summed E-state index contributed by atoms with van der Waals surface area (Å²) in [5.41, 5.74) is -0.325. The molecule has 1 aromatic carbocycles. The summed E-state index contributed by atoms with van der Waals surface area (Å²) in [6.45, 7) is 7.05. The van der Waals surface area contributed by atoms with Gasteiger partial charge in [0.25, 0.3) is 0 Å². The molecule has 1 fully saturated rings. The number of nitrogens with one attached hydrogen (secondary N) is 2. The Bertz CT molecular complexity index is 823. The molecule has 0 aromatic heterocycles. The zero-order valence-electron chi connectivity index (χ0n) is 16.1. The molecule has 2 N–H and O–H groups in total. The van der Waals surface area contributed by atoms with Gasteiger partial charge in [0, 0.05) is 5.92 Å². The van der Waals surface area contributed by atoms with Gasteiger partial charge >= 0.3 is 0 Å². The van der Waals surface area contributed by atoms with Crippen molar-refractivity contribution in [3.05, 3.63) is 35.6 Å². The lowest BCUT2D eigenvalue weighted by Gasteiger charge is -2.30. The Morgan fingerprint density at radius 2 is 1.96 bits per heavy atom. The van der Waals surface area contributed by atoms with Crippen molar-refractivity contribution in [2.24, 2.45) is 11.8 Å². The van der Waals surface area contributed by atoms with Crippen molar-refractivity contribution < 1.29 is 22.4 Å². The SMILES string of the molecule is CCC(C)C(=O)N[C@@H]1CS(=O)(=O)C[C@H]1C(=O)NC(C)(C)c1cccc(F)c1. The summed E-state index contributed by atoms with van der Waals surface area (Å²) in [5.74, 6) is -2.87. The molecule has 6 nitrogen and oxygen atoms in total. The Balaban J connectivity index is 2.18. The van der Waals surface area contributed by atoms with Gasteiger partial charge in [-0.15, -0.1) is 0 Å². The average Bonchev–Trinajstić information content (AvgIpc) is 2.88. The number of halogens is 1. The number of carbonyl (C=O) groups excluding carboxylic acids is 2. The first-order valence-corrected chi connectivity index (χ1v) is 10.9. The molecule has 0 spiro atoms. The van der Waals surface area contributed by atoms with E-state index in [1.807, 2.05) is 6.92 Å². The van der Waals surface area contributed by atoms with Crippen LogP contribution in [0.1, 0.15) is 39.7 Å². The molecule has 0 saturated carbocycles. The van der Waals surface area contributed by atoms with E-state index in [0.717, 1.165) is 0 Å². The van der Waals surface area contributed by atoms with Crippen molar-refractivity contribution in [3.63, 3.8) is 0 Å². The lowest BCUT2D eigenvalue weighted by atomic mass is 9.92. The molecular weight excluding hydrogens is 371 g/mol. The van der Waals surface area contributed by atoms with Crippen molar-refractivity contribution >= 4 is 21.7 Å². The van der Waals surface area contributed by atoms with Crippen LogP contribution in [0.2, 0.25) is 0 Å². The van der Waals surface area contributed by atoms with Gasteiger partial charge in [-0.05, 0) is 38.0 Å². The molecule has 3 atom stereocenters. The van der Waals surface area contributed by atoms with Crippen LogP contribution in [0.15, 0.2) is 24.3 Å². The van der Waals surface area contributed by atoms with Crippen LogP contribution in [0, 0.1) is 17.7 Å². The molecule has 1 unspecified atom stereocenters. The predicted molar refractivity (Wildman–Crippen MR) is 101 cm³/mol. The minimum atomic E-state index is -3.43. The quantitative estimate of drug-likeness (QED) is 0.764. The molecule has 1 aromatic rings. The maximum absolute atomic E-state index is 13.5. The Kier molecular flexibility index (Phi) is 6.29. The maximum atomic E-state index is 13.5. The highest BCUT2D eigenvalue weighted by Crippen LogP contribution is 2.25. The lowest BCUT2D eigenvalue weighted by molar-refractivity contribution is -0.128. The third-order valence-electron chi connectivity index (χ3n) is 5.06. The summed E-state index contributed by atoms with van der Waals surface area (Å²) < 4.78 is 37.7. The third kappa shape index (κ3) is 5.28. The van der Waals surface area contributed by atoms with E-state index in [9.17, 15) is 22.4 Å². The summed E-state index contributed by atoms with van der Waals surface area (Å²) in [4.78, 5) is 25.0. The first-order valence-electron chi connectivity index (χ1n) is 9.04. The van der Waals surface area contributed by atoms with Crippen molar-refractivity contribution in [2.75, 3.05) is 11.5 Å². The number of rotatable bonds is 6. The second kappa shape index (κ2) is 7.96. The highest BCUT2D eigenvalue weighted by molar-refractivity contribution is 7.91. The fourth-order valence-corrected chi connectivity index (χ4v) is 5.04. The number of hydrogen-bond donors (Lipinski definition) is 2. The zero-order chi connectivity index (χ0) is 20.4. The number of carbonyl (C=O) groups is 2. The molecule has 2 amide bonds. The second-order valence-corrected chi connectivity index (χ2v) is 9.89. The van der Waals surface area contributed by atoms with Crippen LogP contribution >= 0.6 is 0 Å². The molecule has 150 valence electrons. The highest BCUT2D eigenvalue weighted by atomic mass is 32.2. The van der Waals surface area contributed by atoms with Crippen LogP contribution in [-0.4, -0.2) is 37.8 Å². The van der Waals surface area contributed by atoms with E-state index < -0.39 is 39.1 Å². The molecule has 1 aliphatic rings. The van der Waals surface area contributed by atoms with Crippen LogP contribution in [0.4, 0.5) is 4.39 Å². The van der Waals surface area contributed by atoms with Gasteiger partial charge in [-0.2, -0.15) is 0 Å². The smallest absolute Gasteiger partial charge is 0.226 e. The van der Waals surface area contributed by atoms with E-state index in [-0.39, 0.29) is 23.3 Å². The van der Waals surface area contributed by atoms with Gasteiger partial charge in [0.1, 0.15) is 5.82 Å². The van der Waals surface area contributed by atoms with Gasteiger partial charge in [0.05, 0.1) is 29.0 Å². The van der Waals surface area contributed by atoms with Crippen molar-refractivity contribution in [1.29, 1.82) is 0 Å². The van der Waals surface area contributed by atoms with Crippen LogP contribution in [0.3, 0.4) is 0 Å². The first-order chi connectivity index (χ1) is 12.4. The molecule has 0 radical (unpaired) electrons. The predicted octanol–water partition coefficient (Wildman–Crippen LogP) is 1.75. The summed E-state index contributed by atoms with van der Waals surface area (Å²) in [5, 5.41) is 5.52. The van der Waals surface area contributed by atoms with Crippen LogP contribution in [-0.2, 0) is 25.0 Å². The Morgan fingerprint density at radius 1 is 1.30 bits per heavy atom. The van der Waals surface area contributed by atoms with E-state index >= 15 is 0 Å². The fraction of sp³-hybridized carbons (Fsp3) is 0.579. The third-order valence-corrected chi connectivity index (χ3v) is 6.79. The molecule has 2 rings (SSSR count). The van der Waals surface area contributed by atoms with Gasteiger partial charge in [0.15, 0.2) is 9.84 Å². The Hall–Kier alpha value is -1.96. The van der Waals surface area contributed by atoms with E-state index in [4.69, 9.17) is 0 Å². The summed E-state index contributed by atoms with van der Waals surface area (Å²) in [7, 11) is -3.43. The van der Waals surface area contributed by atoms with Crippen molar-refractivity contribution in [2.45, 2.75) is 45.7 Å². The highest BCUT2D eigenvalue weighted by Gasteiger charge is 2.44. The largest absolute Gasteiger partial charge is 0.351 e. The number of hydrogen-bond acceptors (Lipinski definition) is 4. The molecule has 1 heterocycles. The summed E-state index contributed by atoms with van der Waals surface area (Å²) in [6, 6.07) is 5.11. The molecule has 8 heteroatoms. The standard InChI is InChI=1S/C19H27FN2O4S/c1-5-12(2)17(23)21-16-11-27(25,26)10-15(16)18(24)22-19(3,4)13-7-6-8-14(20)9-13/h6-9,12,15-16H,5,10-11H2,1-4H3,(H,21,23)(H,22,24)/t12?,15-,16-/m1/s1. The molecular formula is C19H27FN2O4S. The van der Waals surface area contributed by atoms with Gasteiger partial charge < -0.3 is 10.6 Å². The minimum absolute atomic E-state index is 0.256. The summed E-state index contributed by atoms with van der Waals surface area (Å²) >= 11 is 0. The maximum Gasteiger partial charge on any atom is 0.226 e.